The summed E-state index contributed by atoms with van der Waals surface area (Å²) in [5.41, 5.74) is 5.87. The Morgan fingerprint density at radius 1 is 1.35 bits per heavy atom. The average Bonchev–Trinajstić information content (AvgIpc) is 2.97. The first-order valence-electron chi connectivity index (χ1n) is 7.68. The van der Waals surface area contributed by atoms with Crippen LogP contribution in [-0.4, -0.2) is 34.0 Å². The van der Waals surface area contributed by atoms with E-state index in [2.05, 4.69) is 15.0 Å². The van der Waals surface area contributed by atoms with Gasteiger partial charge in [-0.05, 0) is 37.6 Å². The smallest absolute Gasteiger partial charge is 0.240 e. The molecule has 1 aliphatic rings. The van der Waals surface area contributed by atoms with Crippen molar-refractivity contribution in [1.29, 1.82) is 0 Å². The molecule has 0 bridgehead atoms. The Morgan fingerprint density at radius 2 is 2.09 bits per heavy atom. The summed E-state index contributed by atoms with van der Waals surface area (Å²) in [4.78, 5) is 17.6. The van der Waals surface area contributed by atoms with Crippen molar-refractivity contribution in [2.24, 2.45) is 11.7 Å². The second-order valence-corrected chi connectivity index (χ2v) is 5.83. The molecule has 0 unspecified atom stereocenters. The third kappa shape index (κ3) is 3.92. The summed E-state index contributed by atoms with van der Waals surface area (Å²) in [6.07, 6.45) is 1.82. The Labute approximate surface area is 133 Å². The van der Waals surface area contributed by atoms with E-state index in [1.807, 2.05) is 0 Å². The van der Waals surface area contributed by atoms with Gasteiger partial charge >= 0.3 is 0 Å². The lowest BCUT2D eigenvalue weighted by atomic mass is 9.96. The second kappa shape index (κ2) is 6.87. The van der Waals surface area contributed by atoms with Crippen molar-refractivity contribution in [3.63, 3.8) is 0 Å². The number of carbonyl (C=O) groups is 1. The van der Waals surface area contributed by atoms with Gasteiger partial charge in [-0.15, -0.1) is 0 Å². The zero-order valence-corrected chi connectivity index (χ0v) is 12.7. The highest BCUT2D eigenvalue weighted by Gasteiger charge is 2.24. The summed E-state index contributed by atoms with van der Waals surface area (Å²) in [6.45, 7) is 2.09. The summed E-state index contributed by atoms with van der Waals surface area (Å²) < 4.78 is 18.9. The minimum Gasteiger partial charge on any atom is -0.369 e. The number of piperidine rings is 1. The van der Waals surface area contributed by atoms with E-state index in [4.69, 9.17) is 10.3 Å². The van der Waals surface area contributed by atoms with Crippen molar-refractivity contribution in [1.82, 2.24) is 15.0 Å². The van der Waals surface area contributed by atoms with Crippen LogP contribution in [0.15, 0.2) is 28.8 Å². The van der Waals surface area contributed by atoms with Crippen molar-refractivity contribution in [2.75, 3.05) is 13.1 Å². The number of nitrogens with zero attached hydrogens (tertiary/aromatic N) is 3. The molecule has 7 heteroatoms. The molecule has 1 saturated heterocycles. The van der Waals surface area contributed by atoms with Crippen molar-refractivity contribution in [2.45, 2.75) is 25.8 Å². The molecule has 2 aromatic rings. The first-order chi connectivity index (χ1) is 11.1. The van der Waals surface area contributed by atoms with Gasteiger partial charge in [0.15, 0.2) is 5.82 Å². The normalized spacial score (nSPS) is 16.6. The van der Waals surface area contributed by atoms with Crippen molar-refractivity contribution in [3.8, 4) is 0 Å². The number of hydrogen-bond acceptors (Lipinski definition) is 5. The molecule has 6 nitrogen and oxygen atoms in total. The van der Waals surface area contributed by atoms with Crippen molar-refractivity contribution in [3.05, 3.63) is 47.4 Å². The summed E-state index contributed by atoms with van der Waals surface area (Å²) in [5, 5.41) is 3.91. The maximum atomic E-state index is 13.6. The van der Waals surface area contributed by atoms with Crippen LogP contribution in [0, 0.1) is 11.7 Å². The van der Waals surface area contributed by atoms with Gasteiger partial charge in [-0.25, -0.2) is 4.39 Å². The highest BCUT2D eigenvalue weighted by atomic mass is 19.1. The Kier molecular flexibility index (Phi) is 4.66. The molecule has 1 aromatic carbocycles. The number of aromatic nitrogens is 2. The molecule has 0 aliphatic carbocycles. The zero-order valence-electron chi connectivity index (χ0n) is 12.7. The lowest BCUT2D eigenvalue weighted by molar-refractivity contribution is -0.123. The van der Waals surface area contributed by atoms with Gasteiger partial charge in [0.2, 0.25) is 11.8 Å². The van der Waals surface area contributed by atoms with E-state index in [-0.39, 0.29) is 17.6 Å². The monoisotopic (exact) mass is 318 g/mol. The van der Waals surface area contributed by atoms with Crippen LogP contribution < -0.4 is 5.73 Å². The fraction of sp³-hybridized carbons (Fsp3) is 0.438. The van der Waals surface area contributed by atoms with Gasteiger partial charge in [0.1, 0.15) is 5.82 Å². The molecule has 0 radical (unpaired) electrons. The largest absolute Gasteiger partial charge is 0.369 e. The molecule has 3 rings (SSSR count). The Balaban J connectivity index is 1.56. The Morgan fingerprint density at radius 3 is 2.78 bits per heavy atom. The highest BCUT2D eigenvalue weighted by Crippen LogP contribution is 2.18. The number of amides is 1. The molecular weight excluding hydrogens is 299 g/mol. The van der Waals surface area contributed by atoms with Crippen LogP contribution in [-0.2, 0) is 17.8 Å². The van der Waals surface area contributed by atoms with Crippen LogP contribution in [0.3, 0.4) is 0 Å². The van der Waals surface area contributed by atoms with E-state index in [0.29, 0.717) is 30.2 Å². The molecule has 1 aliphatic heterocycles. The molecule has 0 atom stereocenters. The van der Waals surface area contributed by atoms with Gasteiger partial charge in [0, 0.05) is 12.3 Å². The molecule has 0 spiro atoms. The molecule has 122 valence electrons. The standard InChI is InChI=1S/C16H19FN4O2/c17-13-4-2-1-3-12(13)9-14-19-15(23-20-14)10-21-7-5-11(6-8-21)16(18)22/h1-4,11H,5-10H2,(H2,18,22). The molecule has 23 heavy (non-hydrogen) atoms. The van der Waals surface area contributed by atoms with Gasteiger partial charge in [-0.1, -0.05) is 23.4 Å². The van der Waals surface area contributed by atoms with Crippen LogP contribution in [0.2, 0.25) is 0 Å². The quantitative estimate of drug-likeness (QED) is 0.903. The number of rotatable bonds is 5. The molecule has 0 saturated carbocycles. The number of likely N-dealkylation sites (tertiary alicyclic amines) is 1. The van der Waals surface area contributed by atoms with Gasteiger partial charge in [-0.3, -0.25) is 9.69 Å². The lowest BCUT2D eigenvalue weighted by Gasteiger charge is -2.29. The van der Waals surface area contributed by atoms with E-state index in [1.165, 1.54) is 6.07 Å². The number of benzene rings is 1. The topological polar surface area (TPSA) is 85.3 Å². The number of carbonyl (C=O) groups excluding carboxylic acids is 1. The van der Waals surface area contributed by atoms with E-state index in [1.54, 1.807) is 18.2 Å². The maximum absolute atomic E-state index is 13.6. The van der Waals surface area contributed by atoms with Crippen molar-refractivity contribution >= 4 is 5.91 Å². The average molecular weight is 318 g/mol. The fourth-order valence-electron chi connectivity index (χ4n) is 2.81. The fourth-order valence-corrected chi connectivity index (χ4v) is 2.81. The molecular formula is C16H19FN4O2. The first kappa shape index (κ1) is 15.6. The third-order valence-electron chi connectivity index (χ3n) is 4.17. The Hall–Kier alpha value is -2.28. The van der Waals surface area contributed by atoms with Crippen LogP contribution in [0.1, 0.15) is 30.1 Å². The molecule has 2 N–H and O–H groups in total. The third-order valence-corrected chi connectivity index (χ3v) is 4.17. The molecule has 1 aromatic heterocycles. The molecule has 2 heterocycles. The predicted molar refractivity (Wildman–Crippen MR) is 80.7 cm³/mol. The summed E-state index contributed by atoms with van der Waals surface area (Å²) in [5.74, 6) is 0.443. The minimum absolute atomic E-state index is 0.0365. The summed E-state index contributed by atoms with van der Waals surface area (Å²) >= 11 is 0. The van der Waals surface area contributed by atoms with Crippen LogP contribution in [0.5, 0.6) is 0 Å². The zero-order chi connectivity index (χ0) is 16.2. The molecule has 1 fully saturated rings. The number of nitrogens with two attached hydrogens (primary N) is 1. The van der Waals surface area contributed by atoms with Gasteiger partial charge in [-0.2, -0.15) is 4.98 Å². The maximum Gasteiger partial charge on any atom is 0.240 e. The van der Waals surface area contributed by atoms with E-state index >= 15 is 0 Å². The minimum atomic E-state index is -0.271. The molecule has 1 amide bonds. The SMILES string of the molecule is NC(=O)C1CCN(Cc2nc(Cc3ccccc3F)no2)CC1. The van der Waals surface area contributed by atoms with Crippen LogP contribution in [0.25, 0.3) is 0 Å². The number of halogens is 1. The van der Waals surface area contributed by atoms with Crippen LogP contribution in [0.4, 0.5) is 4.39 Å². The van der Waals surface area contributed by atoms with Crippen molar-refractivity contribution < 1.29 is 13.7 Å². The van der Waals surface area contributed by atoms with Gasteiger partial charge < -0.3 is 10.3 Å². The Bertz CT molecular complexity index is 680. The summed E-state index contributed by atoms with van der Waals surface area (Å²) in [6, 6.07) is 6.55. The first-order valence-corrected chi connectivity index (χ1v) is 7.68. The highest BCUT2D eigenvalue weighted by molar-refractivity contribution is 5.76. The van der Waals surface area contributed by atoms with E-state index in [9.17, 15) is 9.18 Å². The van der Waals surface area contributed by atoms with Gasteiger partial charge in [0.25, 0.3) is 0 Å². The number of hydrogen-bond donors (Lipinski definition) is 1. The lowest BCUT2D eigenvalue weighted by Crippen LogP contribution is -2.38. The van der Waals surface area contributed by atoms with E-state index in [0.717, 1.165) is 25.9 Å². The van der Waals surface area contributed by atoms with E-state index < -0.39 is 0 Å². The number of primary amides is 1. The summed E-state index contributed by atoms with van der Waals surface area (Å²) in [7, 11) is 0. The predicted octanol–water partition coefficient (Wildman–Crippen LogP) is 1.50. The van der Waals surface area contributed by atoms with Crippen LogP contribution >= 0.6 is 0 Å². The second-order valence-electron chi connectivity index (χ2n) is 5.83. The van der Waals surface area contributed by atoms with Gasteiger partial charge in [0.05, 0.1) is 6.54 Å².